The number of benzene rings is 2. The summed E-state index contributed by atoms with van der Waals surface area (Å²) < 4.78 is 6.87. The first-order valence-electron chi connectivity index (χ1n) is 5.99. The third-order valence-electron chi connectivity index (χ3n) is 2.81. The van der Waals surface area contributed by atoms with Gasteiger partial charge in [0.2, 0.25) is 0 Å². The van der Waals surface area contributed by atoms with Gasteiger partial charge in [-0.15, -0.1) is 0 Å². The molecule has 2 aromatic rings. The van der Waals surface area contributed by atoms with Crippen molar-refractivity contribution >= 4 is 15.9 Å². The van der Waals surface area contributed by atoms with Gasteiger partial charge in [0.25, 0.3) is 0 Å². The van der Waals surface area contributed by atoms with E-state index in [1.165, 1.54) is 5.56 Å². The predicted octanol–water partition coefficient (Wildman–Crippen LogP) is 4.26. The van der Waals surface area contributed by atoms with Crippen LogP contribution in [0.5, 0.6) is 11.5 Å². The largest absolute Gasteiger partial charge is 0.456 e. The van der Waals surface area contributed by atoms with Gasteiger partial charge in [0.05, 0.1) is 4.47 Å². The summed E-state index contributed by atoms with van der Waals surface area (Å²) in [6.07, 6.45) is 0.953. The van der Waals surface area contributed by atoms with Crippen molar-refractivity contribution in [3.63, 3.8) is 0 Å². The third-order valence-corrected chi connectivity index (χ3v) is 3.43. The molecule has 0 fully saturated rings. The molecular weight excluding hydrogens is 290 g/mol. The minimum Gasteiger partial charge on any atom is -0.456 e. The monoisotopic (exact) mass is 305 g/mol. The molecule has 0 radical (unpaired) electrons. The highest BCUT2D eigenvalue weighted by molar-refractivity contribution is 9.10. The molecule has 2 N–H and O–H groups in total. The van der Waals surface area contributed by atoms with Crippen LogP contribution < -0.4 is 10.5 Å². The van der Waals surface area contributed by atoms with E-state index in [1.807, 2.05) is 36.4 Å². The van der Waals surface area contributed by atoms with Gasteiger partial charge in [-0.2, -0.15) is 0 Å². The fourth-order valence-electron chi connectivity index (χ4n) is 1.77. The summed E-state index contributed by atoms with van der Waals surface area (Å²) in [7, 11) is 0. The smallest absolute Gasteiger partial charge is 0.141 e. The van der Waals surface area contributed by atoms with Crippen molar-refractivity contribution < 1.29 is 4.74 Å². The number of ether oxygens (including phenoxy) is 1. The number of hydrogen-bond acceptors (Lipinski definition) is 2. The van der Waals surface area contributed by atoms with E-state index >= 15 is 0 Å². The topological polar surface area (TPSA) is 35.2 Å². The molecular formula is C15H16BrNO. The van der Waals surface area contributed by atoms with Crippen molar-refractivity contribution in [2.24, 2.45) is 5.73 Å². The summed E-state index contributed by atoms with van der Waals surface area (Å²) in [5.41, 5.74) is 7.89. The van der Waals surface area contributed by atoms with Crippen LogP contribution in [0.25, 0.3) is 0 Å². The molecule has 0 saturated heterocycles. The Labute approximate surface area is 116 Å². The van der Waals surface area contributed by atoms with Crippen LogP contribution in [0.3, 0.4) is 0 Å². The predicted molar refractivity (Wildman–Crippen MR) is 77.9 cm³/mol. The second-order valence-corrected chi connectivity index (χ2v) is 4.89. The molecule has 0 unspecified atom stereocenters. The van der Waals surface area contributed by atoms with Crippen LogP contribution in [0.15, 0.2) is 46.9 Å². The van der Waals surface area contributed by atoms with E-state index in [2.05, 4.69) is 28.9 Å². The molecule has 0 heterocycles. The lowest BCUT2D eigenvalue weighted by Crippen LogP contribution is -1.97. The molecule has 0 spiro atoms. The highest BCUT2D eigenvalue weighted by atomic mass is 79.9. The van der Waals surface area contributed by atoms with E-state index in [0.717, 1.165) is 28.0 Å². The van der Waals surface area contributed by atoms with Crippen LogP contribution in [-0.2, 0) is 13.0 Å². The van der Waals surface area contributed by atoms with Crippen molar-refractivity contribution in [1.29, 1.82) is 0 Å². The van der Waals surface area contributed by atoms with Gasteiger partial charge >= 0.3 is 0 Å². The Morgan fingerprint density at radius 3 is 2.56 bits per heavy atom. The third kappa shape index (κ3) is 2.92. The van der Waals surface area contributed by atoms with Crippen LogP contribution in [0.4, 0.5) is 0 Å². The quantitative estimate of drug-likeness (QED) is 0.916. The van der Waals surface area contributed by atoms with E-state index < -0.39 is 0 Å². The van der Waals surface area contributed by atoms with E-state index in [9.17, 15) is 0 Å². The number of nitrogens with two attached hydrogens (primary N) is 1. The zero-order valence-electron chi connectivity index (χ0n) is 10.3. The molecule has 2 aromatic carbocycles. The van der Waals surface area contributed by atoms with Gasteiger partial charge in [-0.05, 0) is 51.7 Å². The molecule has 0 atom stereocenters. The number of para-hydroxylation sites is 1. The molecule has 3 heteroatoms. The summed E-state index contributed by atoms with van der Waals surface area (Å²) >= 11 is 3.51. The van der Waals surface area contributed by atoms with Crippen LogP contribution in [0.1, 0.15) is 18.1 Å². The van der Waals surface area contributed by atoms with Gasteiger partial charge < -0.3 is 10.5 Å². The Kier molecular flexibility index (Phi) is 4.39. The fourth-order valence-corrected chi connectivity index (χ4v) is 2.28. The van der Waals surface area contributed by atoms with Gasteiger partial charge in [0, 0.05) is 6.54 Å². The molecule has 0 saturated carbocycles. The molecule has 0 aliphatic rings. The molecule has 0 aliphatic carbocycles. The normalized spacial score (nSPS) is 10.4. The van der Waals surface area contributed by atoms with Crippen molar-refractivity contribution in [1.82, 2.24) is 0 Å². The molecule has 0 aromatic heterocycles. The molecule has 2 rings (SSSR count). The summed E-state index contributed by atoms with van der Waals surface area (Å²) in [5, 5.41) is 0. The zero-order chi connectivity index (χ0) is 13.0. The van der Waals surface area contributed by atoms with Crippen molar-refractivity contribution in [2.75, 3.05) is 0 Å². The van der Waals surface area contributed by atoms with Gasteiger partial charge in [0.1, 0.15) is 11.5 Å². The van der Waals surface area contributed by atoms with Crippen LogP contribution >= 0.6 is 15.9 Å². The van der Waals surface area contributed by atoms with E-state index in [0.29, 0.717) is 6.54 Å². The second-order valence-electron chi connectivity index (χ2n) is 4.03. The number of aryl methyl sites for hydroxylation is 1. The highest BCUT2D eigenvalue weighted by Crippen LogP contribution is 2.32. The minimum absolute atomic E-state index is 0.532. The first kappa shape index (κ1) is 13.1. The zero-order valence-corrected chi connectivity index (χ0v) is 11.9. The number of hydrogen-bond donors (Lipinski definition) is 1. The first-order valence-corrected chi connectivity index (χ1v) is 6.78. The minimum atomic E-state index is 0.532. The average Bonchev–Trinajstić information content (AvgIpc) is 2.41. The van der Waals surface area contributed by atoms with Crippen molar-refractivity contribution in [2.45, 2.75) is 19.9 Å². The van der Waals surface area contributed by atoms with Gasteiger partial charge in [-0.1, -0.05) is 31.2 Å². The molecule has 0 bridgehead atoms. The Morgan fingerprint density at radius 1 is 1.11 bits per heavy atom. The van der Waals surface area contributed by atoms with Crippen molar-refractivity contribution in [3.05, 3.63) is 58.1 Å². The van der Waals surface area contributed by atoms with Crippen LogP contribution in [-0.4, -0.2) is 0 Å². The molecule has 18 heavy (non-hydrogen) atoms. The lowest BCUT2D eigenvalue weighted by Gasteiger charge is -2.12. The Bertz CT molecular complexity index is 540. The van der Waals surface area contributed by atoms with E-state index in [4.69, 9.17) is 10.5 Å². The second kappa shape index (κ2) is 6.03. The summed E-state index contributed by atoms with van der Waals surface area (Å²) in [6.45, 7) is 2.65. The lowest BCUT2D eigenvalue weighted by atomic mass is 10.1. The summed E-state index contributed by atoms with van der Waals surface area (Å²) in [4.78, 5) is 0. The first-order chi connectivity index (χ1) is 8.74. The van der Waals surface area contributed by atoms with Crippen molar-refractivity contribution in [3.8, 4) is 11.5 Å². The SMILES string of the molecule is CCc1ccccc1Oc1ccc(CN)cc1Br. The molecule has 0 amide bonds. The number of rotatable bonds is 4. The van der Waals surface area contributed by atoms with Gasteiger partial charge in [0.15, 0.2) is 0 Å². The van der Waals surface area contributed by atoms with E-state index in [-0.39, 0.29) is 0 Å². The number of halogens is 1. The maximum absolute atomic E-state index is 5.94. The Morgan fingerprint density at radius 2 is 1.89 bits per heavy atom. The highest BCUT2D eigenvalue weighted by Gasteiger charge is 2.06. The van der Waals surface area contributed by atoms with Gasteiger partial charge in [-0.25, -0.2) is 0 Å². The van der Waals surface area contributed by atoms with Crippen LogP contribution in [0.2, 0.25) is 0 Å². The maximum Gasteiger partial charge on any atom is 0.141 e. The standard InChI is InChI=1S/C15H16BrNO/c1-2-12-5-3-4-6-14(12)18-15-8-7-11(10-17)9-13(15)16/h3-9H,2,10,17H2,1H3. The average molecular weight is 306 g/mol. The van der Waals surface area contributed by atoms with E-state index in [1.54, 1.807) is 0 Å². The lowest BCUT2D eigenvalue weighted by molar-refractivity contribution is 0.473. The molecule has 0 aliphatic heterocycles. The molecule has 2 nitrogen and oxygen atoms in total. The van der Waals surface area contributed by atoms with Gasteiger partial charge in [-0.3, -0.25) is 0 Å². The Hall–Kier alpha value is -1.32. The maximum atomic E-state index is 5.94. The molecule has 94 valence electrons. The van der Waals surface area contributed by atoms with Crippen LogP contribution in [0, 0.1) is 0 Å². The summed E-state index contributed by atoms with van der Waals surface area (Å²) in [6, 6.07) is 14.0. The summed E-state index contributed by atoms with van der Waals surface area (Å²) in [5.74, 6) is 1.72. The Balaban J connectivity index is 2.28. The fraction of sp³-hybridized carbons (Fsp3) is 0.200.